The standard InChI is InChI=1S/C11H18N2/c1-8(2)11(4,12)10-5-9(3)6-13-7-10/h5-8H,12H2,1-4H3. The van der Waals surface area contributed by atoms with Crippen molar-refractivity contribution in [2.75, 3.05) is 0 Å². The van der Waals surface area contributed by atoms with Gasteiger partial charge < -0.3 is 5.73 Å². The van der Waals surface area contributed by atoms with E-state index in [-0.39, 0.29) is 5.54 Å². The van der Waals surface area contributed by atoms with Crippen LogP contribution in [-0.2, 0) is 5.54 Å². The summed E-state index contributed by atoms with van der Waals surface area (Å²) in [6, 6.07) is 2.10. The van der Waals surface area contributed by atoms with Crippen LogP contribution in [0.1, 0.15) is 31.9 Å². The first kappa shape index (κ1) is 10.2. The van der Waals surface area contributed by atoms with Crippen molar-refractivity contribution in [3.63, 3.8) is 0 Å². The van der Waals surface area contributed by atoms with Gasteiger partial charge in [0.25, 0.3) is 0 Å². The van der Waals surface area contributed by atoms with E-state index in [2.05, 4.69) is 24.9 Å². The van der Waals surface area contributed by atoms with Gasteiger partial charge in [0.05, 0.1) is 0 Å². The molecule has 2 N–H and O–H groups in total. The Balaban J connectivity index is 3.07. The van der Waals surface area contributed by atoms with E-state index in [1.165, 1.54) is 0 Å². The monoisotopic (exact) mass is 178 g/mol. The van der Waals surface area contributed by atoms with Crippen LogP contribution in [0.5, 0.6) is 0 Å². The van der Waals surface area contributed by atoms with Crippen LogP contribution in [-0.4, -0.2) is 4.98 Å². The lowest BCUT2D eigenvalue weighted by Gasteiger charge is -2.29. The normalized spacial score (nSPS) is 15.8. The lowest BCUT2D eigenvalue weighted by molar-refractivity contribution is 0.349. The van der Waals surface area contributed by atoms with Gasteiger partial charge >= 0.3 is 0 Å². The molecule has 0 fully saturated rings. The fourth-order valence-corrected chi connectivity index (χ4v) is 1.18. The van der Waals surface area contributed by atoms with E-state index in [9.17, 15) is 0 Å². The van der Waals surface area contributed by atoms with Gasteiger partial charge in [-0.25, -0.2) is 0 Å². The number of nitrogens with two attached hydrogens (primary N) is 1. The van der Waals surface area contributed by atoms with Gasteiger partial charge in [-0.05, 0) is 30.9 Å². The van der Waals surface area contributed by atoms with E-state index in [4.69, 9.17) is 5.73 Å². The van der Waals surface area contributed by atoms with Gasteiger partial charge in [-0.15, -0.1) is 0 Å². The fourth-order valence-electron chi connectivity index (χ4n) is 1.18. The second-order valence-corrected chi connectivity index (χ2v) is 4.19. The van der Waals surface area contributed by atoms with Gasteiger partial charge in [0.1, 0.15) is 0 Å². The van der Waals surface area contributed by atoms with E-state index in [0.29, 0.717) is 5.92 Å². The van der Waals surface area contributed by atoms with Gasteiger partial charge in [-0.3, -0.25) is 4.98 Å². The van der Waals surface area contributed by atoms with Crippen LogP contribution in [0.4, 0.5) is 0 Å². The van der Waals surface area contributed by atoms with Crippen molar-refractivity contribution >= 4 is 0 Å². The summed E-state index contributed by atoms with van der Waals surface area (Å²) in [5, 5.41) is 0. The molecule has 1 aromatic heterocycles. The molecular formula is C11H18N2. The van der Waals surface area contributed by atoms with Crippen LogP contribution >= 0.6 is 0 Å². The summed E-state index contributed by atoms with van der Waals surface area (Å²) >= 11 is 0. The highest BCUT2D eigenvalue weighted by Gasteiger charge is 2.25. The average molecular weight is 178 g/mol. The number of aryl methyl sites for hydroxylation is 1. The maximum atomic E-state index is 6.21. The molecule has 0 aliphatic heterocycles. The lowest BCUT2D eigenvalue weighted by atomic mass is 9.83. The number of pyridine rings is 1. The maximum absolute atomic E-state index is 6.21. The zero-order valence-electron chi connectivity index (χ0n) is 8.83. The lowest BCUT2D eigenvalue weighted by Crippen LogP contribution is -2.38. The predicted octanol–water partition coefficient (Wildman–Crippen LogP) is 2.22. The zero-order valence-corrected chi connectivity index (χ0v) is 8.83. The summed E-state index contributed by atoms with van der Waals surface area (Å²) in [6.07, 6.45) is 3.70. The summed E-state index contributed by atoms with van der Waals surface area (Å²) in [4.78, 5) is 4.15. The molecule has 0 spiro atoms. The minimum absolute atomic E-state index is 0.279. The third-order valence-electron chi connectivity index (χ3n) is 2.70. The second-order valence-electron chi connectivity index (χ2n) is 4.19. The van der Waals surface area contributed by atoms with Crippen LogP contribution in [0.25, 0.3) is 0 Å². The van der Waals surface area contributed by atoms with Crippen molar-refractivity contribution in [3.05, 3.63) is 29.6 Å². The molecule has 2 nitrogen and oxygen atoms in total. The predicted molar refractivity (Wildman–Crippen MR) is 55.4 cm³/mol. The molecule has 0 bridgehead atoms. The molecule has 0 radical (unpaired) electrons. The third-order valence-corrected chi connectivity index (χ3v) is 2.70. The van der Waals surface area contributed by atoms with Crippen molar-refractivity contribution in [1.29, 1.82) is 0 Å². The number of rotatable bonds is 2. The Morgan fingerprint density at radius 2 is 2.00 bits per heavy atom. The smallest absolute Gasteiger partial charge is 0.0419 e. The molecule has 0 aliphatic rings. The Morgan fingerprint density at radius 1 is 1.38 bits per heavy atom. The van der Waals surface area contributed by atoms with Crippen LogP contribution < -0.4 is 5.73 Å². The van der Waals surface area contributed by atoms with Gasteiger partial charge in [0, 0.05) is 17.9 Å². The van der Waals surface area contributed by atoms with E-state index >= 15 is 0 Å². The minimum Gasteiger partial charge on any atom is -0.321 e. The van der Waals surface area contributed by atoms with E-state index in [1.54, 1.807) is 0 Å². The molecule has 1 heterocycles. The number of aromatic nitrogens is 1. The summed E-state index contributed by atoms with van der Waals surface area (Å²) in [5.41, 5.74) is 8.21. The van der Waals surface area contributed by atoms with Crippen LogP contribution in [0.15, 0.2) is 18.5 Å². The highest BCUT2D eigenvalue weighted by molar-refractivity contribution is 5.24. The molecule has 1 aromatic rings. The molecule has 2 heteroatoms. The summed E-state index contributed by atoms with van der Waals surface area (Å²) in [6.45, 7) is 8.34. The van der Waals surface area contributed by atoms with Gasteiger partial charge in [0.2, 0.25) is 0 Å². The third kappa shape index (κ3) is 2.07. The highest BCUT2D eigenvalue weighted by Crippen LogP contribution is 2.25. The van der Waals surface area contributed by atoms with Gasteiger partial charge in [-0.1, -0.05) is 19.9 Å². The first-order valence-electron chi connectivity index (χ1n) is 4.65. The van der Waals surface area contributed by atoms with Crippen LogP contribution in [0.3, 0.4) is 0 Å². The first-order chi connectivity index (χ1) is 5.94. The molecule has 0 saturated carbocycles. The van der Waals surface area contributed by atoms with Crippen molar-refractivity contribution < 1.29 is 0 Å². The average Bonchev–Trinajstić information content (AvgIpc) is 2.04. The Bertz CT molecular complexity index is 290. The molecule has 1 atom stereocenters. The Kier molecular flexibility index (Phi) is 2.71. The molecular weight excluding hydrogens is 160 g/mol. The first-order valence-corrected chi connectivity index (χ1v) is 4.65. The largest absolute Gasteiger partial charge is 0.321 e. The molecule has 13 heavy (non-hydrogen) atoms. The van der Waals surface area contributed by atoms with Crippen molar-refractivity contribution in [1.82, 2.24) is 4.98 Å². The highest BCUT2D eigenvalue weighted by atomic mass is 14.8. The number of hydrogen-bond donors (Lipinski definition) is 1. The minimum atomic E-state index is -0.279. The molecule has 0 aliphatic carbocycles. The summed E-state index contributed by atoms with van der Waals surface area (Å²) in [5.74, 6) is 0.413. The summed E-state index contributed by atoms with van der Waals surface area (Å²) in [7, 11) is 0. The van der Waals surface area contributed by atoms with E-state index in [1.807, 2.05) is 26.2 Å². The van der Waals surface area contributed by atoms with Crippen LogP contribution in [0, 0.1) is 12.8 Å². The zero-order chi connectivity index (χ0) is 10.1. The van der Waals surface area contributed by atoms with Gasteiger partial charge in [-0.2, -0.15) is 0 Å². The molecule has 1 unspecified atom stereocenters. The molecule has 72 valence electrons. The van der Waals surface area contributed by atoms with Crippen LogP contribution in [0.2, 0.25) is 0 Å². The van der Waals surface area contributed by atoms with Crippen molar-refractivity contribution in [3.8, 4) is 0 Å². The number of hydrogen-bond acceptors (Lipinski definition) is 2. The van der Waals surface area contributed by atoms with Gasteiger partial charge in [0.15, 0.2) is 0 Å². The molecule has 0 aromatic carbocycles. The second kappa shape index (κ2) is 3.46. The van der Waals surface area contributed by atoms with E-state index in [0.717, 1.165) is 11.1 Å². The molecule has 0 saturated heterocycles. The van der Waals surface area contributed by atoms with Crippen molar-refractivity contribution in [2.24, 2.45) is 11.7 Å². The Hall–Kier alpha value is -0.890. The fraction of sp³-hybridized carbons (Fsp3) is 0.545. The topological polar surface area (TPSA) is 38.9 Å². The quantitative estimate of drug-likeness (QED) is 0.754. The SMILES string of the molecule is Cc1cncc(C(C)(N)C(C)C)c1. The number of nitrogens with zero attached hydrogens (tertiary/aromatic N) is 1. The molecule has 1 rings (SSSR count). The summed E-state index contributed by atoms with van der Waals surface area (Å²) < 4.78 is 0. The Labute approximate surface area is 80.2 Å². The van der Waals surface area contributed by atoms with E-state index < -0.39 is 0 Å². The molecule has 0 amide bonds. The maximum Gasteiger partial charge on any atom is 0.0419 e. The Morgan fingerprint density at radius 3 is 2.46 bits per heavy atom. The van der Waals surface area contributed by atoms with Crippen molar-refractivity contribution in [2.45, 2.75) is 33.2 Å².